The van der Waals surface area contributed by atoms with E-state index in [0.717, 1.165) is 72.8 Å². The highest BCUT2D eigenvalue weighted by Crippen LogP contribution is 2.43. The molecule has 1 amide bonds. The highest BCUT2D eigenvalue weighted by atomic mass is 16.5. The van der Waals surface area contributed by atoms with Gasteiger partial charge in [0.15, 0.2) is 5.60 Å². The molecule has 0 saturated carbocycles. The van der Waals surface area contributed by atoms with E-state index in [-0.39, 0.29) is 5.91 Å². The first-order valence-corrected chi connectivity index (χ1v) is 10.8. The van der Waals surface area contributed by atoms with E-state index >= 15 is 0 Å². The number of furan rings is 1. The average Bonchev–Trinajstić information content (AvgIpc) is 3.14. The zero-order valence-corrected chi connectivity index (χ0v) is 18.5. The van der Waals surface area contributed by atoms with Crippen molar-refractivity contribution in [1.29, 1.82) is 0 Å². The zero-order valence-electron chi connectivity index (χ0n) is 18.5. The molecule has 1 fully saturated rings. The molecule has 0 radical (unpaired) electrons. The Hall–Kier alpha value is -2.47. The van der Waals surface area contributed by atoms with Gasteiger partial charge < -0.3 is 19.2 Å². The minimum Gasteiger partial charge on any atom is -0.507 e. The number of carbonyl (C=O) groups excluding carboxylic acids is 1. The molecule has 2 aromatic rings. The van der Waals surface area contributed by atoms with Crippen LogP contribution >= 0.6 is 0 Å². The maximum atomic E-state index is 13.5. The van der Waals surface area contributed by atoms with Crippen LogP contribution in [0, 0.1) is 20.8 Å². The van der Waals surface area contributed by atoms with Crippen LogP contribution < -0.4 is 4.74 Å². The van der Waals surface area contributed by atoms with Gasteiger partial charge in [-0.25, -0.2) is 0 Å². The summed E-state index contributed by atoms with van der Waals surface area (Å²) in [7, 11) is 0. The molecular formula is C24H32N2O4. The quantitative estimate of drug-likeness (QED) is 0.832. The summed E-state index contributed by atoms with van der Waals surface area (Å²) in [6.07, 6.45) is 3.99. The summed E-state index contributed by atoms with van der Waals surface area (Å²) in [6.45, 7) is 11.7. The van der Waals surface area contributed by atoms with Gasteiger partial charge in [-0.1, -0.05) is 0 Å². The van der Waals surface area contributed by atoms with Crippen LogP contribution in [0.2, 0.25) is 0 Å². The van der Waals surface area contributed by atoms with Crippen LogP contribution in [0.1, 0.15) is 47.8 Å². The van der Waals surface area contributed by atoms with Crippen molar-refractivity contribution in [1.82, 2.24) is 9.80 Å². The smallest absolute Gasteiger partial charge is 0.266 e. The van der Waals surface area contributed by atoms with E-state index in [0.29, 0.717) is 18.7 Å². The van der Waals surface area contributed by atoms with Crippen molar-refractivity contribution in [3.63, 3.8) is 0 Å². The highest BCUT2D eigenvalue weighted by Gasteiger charge is 2.43. The predicted octanol–water partition coefficient (Wildman–Crippen LogP) is 3.73. The monoisotopic (exact) mass is 412 g/mol. The third-order valence-corrected chi connectivity index (χ3v) is 6.81. The zero-order chi connectivity index (χ0) is 21.5. The molecule has 2 aliphatic rings. The van der Waals surface area contributed by atoms with Gasteiger partial charge in [0.25, 0.3) is 5.91 Å². The number of carbonyl (C=O) groups is 1. The van der Waals surface area contributed by atoms with Crippen LogP contribution in [0.4, 0.5) is 0 Å². The molecule has 162 valence electrons. The van der Waals surface area contributed by atoms with Crippen molar-refractivity contribution in [3.05, 3.63) is 46.4 Å². The summed E-state index contributed by atoms with van der Waals surface area (Å²) in [5.41, 5.74) is 2.77. The first-order valence-electron chi connectivity index (χ1n) is 10.8. The number of hydrogen-bond donors (Lipinski definition) is 1. The Kier molecular flexibility index (Phi) is 5.53. The molecule has 4 rings (SSSR count). The normalized spacial score (nSPS) is 22.3. The van der Waals surface area contributed by atoms with Crippen LogP contribution in [-0.2, 0) is 17.8 Å². The van der Waals surface area contributed by atoms with E-state index < -0.39 is 5.60 Å². The minimum atomic E-state index is -0.871. The van der Waals surface area contributed by atoms with Gasteiger partial charge in [-0.05, 0) is 69.4 Å². The van der Waals surface area contributed by atoms with Gasteiger partial charge in [-0.15, -0.1) is 0 Å². The lowest BCUT2D eigenvalue weighted by molar-refractivity contribution is -0.148. The molecule has 2 aliphatic heterocycles. The van der Waals surface area contributed by atoms with Crippen molar-refractivity contribution in [2.45, 2.75) is 59.1 Å². The van der Waals surface area contributed by atoms with Gasteiger partial charge in [0.2, 0.25) is 0 Å². The third kappa shape index (κ3) is 3.69. The standard InChI is InChI=1S/C24H32N2O4/c1-16-17(2)22-20(18(3)21(16)27)8-9-24(4,30-22)23(28)26-11-6-10-25(12-13-26)15-19-7-5-14-29-19/h5,7,14,27H,6,8-13,15H2,1-4H3. The van der Waals surface area contributed by atoms with E-state index in [9.17, 15) is 9.90 Å². The topological polar surface area (TPSA) is 66.2 Å². The third-order valence-electron chi connectivity index (χ3n) is 6.81. The van der Waals surface area contributed by atoms with Crippen LogP contribution in [0.25, 0.3) is 0 Å². The molecular weight excluding hydrogens is 380 g/mol. The predicted molar refractivity (Wildman–Crippen MR) is 115 cm³/mol. The lowest BCUT2D eigenvalue weighted by Gasteiger charge is -2.39. The Labute approximate surface area is 178 Å². The van der Waals surface area contributed by atoms with E-state index in [4.69, 9.17) is 9.15 Å². The molecule has 6 nitrogen and oxygen atoms in total. The number of phenolic OH excluding ortho intramolecular Hbond substituents is 1. The molecule has 0 bridgehead atoms. The minimum absolute atomic E-state index is 0.0655. The first-order chi connectivity index (χ1) is 14.3. The first kappa shape index (κ1) is 20.8. The number of benzene rings is 1. The van der Waals surface area contributed by atoms with Crippen molar-refractivity contribution in [2.24, 2.45) is 0 Å². The number of fused-ring (bicyclic) bond motifs is 1. The molecule has 3 heterocycles. The second-order valence-electron chi connectivity index (χ2n) is 8.87. The summed E-state index contributed by atoms with van der Waals surface area (Å²) in [6, 6.07) is 3.90. The van der Waals surface area contributed by atoms with Gasteiger partial charge in [0.05, 0.1) is 12.8 Å². The summed E-state index contributed by atoms with van der Waals surface area (Å²) in [5, 5.41) is 10.4. The number of amides is 1. The van der Waals surface area contributed by atoms with E-state index in [2.05, 4.69) is 4.90 Å². The van der Waals surface area contributed by atoms with Gasteiger partial charge in [-0.2, -0.15) is 0 Å². The fraction of sp³-hybridized carbons (Fsp3) is 0.542. The van der Waals surface area contributed by atoms with Crippen molar-refractivity contribution in [2.75, 3.05) is 26.2 Å². The number of hydrogen-bond acceptors (Lipinski definition) is 5. The average molecular weight is 413 g/mol. The molecule has 1 saturated heterocycles. The van der Waals surface area contributed by atoms with Crippen LogP contribution in [0.3, 0.4) is 0 Å². The highest BCUT2D eigenvalue weighted by molar-refractivity contribution is 5.86. The second-order valence-corrected chi connectivity index (χ2v) is 8.87. The summed E-state index contributed by atoms with van der Waals surface area (Å²) >= 11 is 0. The number of ether oxygens (including phenoxy) is 1. The van der Waals surface area contributed by atoms with Crippen molar-refractivity contribution < 1.29 is 19.1 Å². The van der Waals surface area contributed by atoms with Crippen LogP contribution in [0.15, 0.2) is 22.8 Å². The Bertz CT molecular complexity index is 937. The summed E-state index contributed by atoms with van der Waals surface area (Å²) in [5.74, 6) is 2.14. The van der Waals surface area contributed by atoms with E-state index in [1.54, 1.807) is 6.26 Å². The SMILES string of the molecule is Cc1c(C)c2c(c(C)c1O)CCC(C)(C(=O)N1CCCN(Cc3ccco3)CC1)O2. The lowest BCUT2D eigenvalue weighted by Crippen LogP contribution is -2.53. The summed E-state index contributed by atoms with van der Waals surface area (Å²) < 4.78 is 11.9. The second kappa shape index (κ2) is 7.99. The summed E-state index contributed by atoms with van der Waals surface area (Å²) in [4.78, 5) is 17.8. The van der Waals surface area contributed by atoms with E-state index in [1.165, 1.54) is 0 Å². The molecule has 0 spiro atoms. The number of aromatic hydroxyl groups is 1. The largest absolute Gasteiger partial charge is 0.507 e. The number of nitrogens with zero attached hydrogens (tertiary/aromatic N) is 2. The van der Waals surface area contributed by atoms with Gasteiger partial charge in [-0.3, -0.25) is 9.69 Å². The van der Waals surface area contributed by atoms with Crippen molar-refractivity contribution in [3.8, 4) is 11.5 Å². The molecule has 1 unspecified atom stereocenters. The van der Waals surface area contributed by atoms with Crippen molar-refractivity contribution >= 4 is 5.91 Å². The van der Waals surface area contributed by atoms with Gasteiger partial charge >= 0.3 is 0 Å². The lowest BCUT2D eigenvalue weighted by atomic mass is 9.86. The molecule has 6 heteroatoms. The Morgan fingerprint density at radius 1 is 1.13 bits per heavy atom. The van der Waals surface area contributed by atoms with Crippen LogP contribution in [0.5, 0.6) is 11.5 Å². The Balaban J connectivity index is 1.48. The molecule has 1 aromatic carbocycles. The maximum Gasteiger partial charge on any atom is 0.266 e. The van der Waals surface area contributed by atoms with Gasteiger partial charge in [0, 0.05) is 38.2 Å². The number of rotatable bonds is 3. The molecule has 1 atom stereocenters. The Morgan fingerprint density at radius 3 is 2.67 bits per heavy atom. The number of phenols is 1. The maximum absolute atomic E-state index is 13.5. The fourth-order valence-corrected chi connectivity index (χ4v) is 4.69. The van der Waals surface area contributed by atoms with Crippen LogP contribution in [-0.4, -0.2) is 52.6 Å². The molecule has 30 heavy (non-hydrogen) atoms. The Morgan fingerprint density at radius 2 is 1.93 bits per heavy atom. The molecule has 1 aromatic heterocycles. The molecule has 1 N–H and O–H groups in total. The molecule has 0 aliphatic carbocycles. The fourth-order valence-electron chi connectivity index (χ4n) is 4.69. The van der Waals surface area contributed by atoms with E-state index in [1.807, 2.05) is 44.7 Å². The van der Waals surface area contributed by atoms with Gasteiger partial charge in [0.1, 0.15) is 17.3 Å².